The minimum atomic E-state index is -0.470. The Morgan fingerprint density at radius 2 is 0.938 bits per heavy atom. The van der Waals surface area contributed by atoms with Crippen molar-refractivity contribution < 1.29 is 28.7 Å². The lowest BCUT2D eigenvalue weighted by Gasteiger charge is -2.30. The SMILES string of the molecule is O=C1C[C@@H](N2CCOCC2)C(=O)N1c1ccc(N2C(=O)C[C@@H](N3CCOCC3)C2=O)cc1. The van der Waals surface area contributed by atoms with Gasteiger partial charge in [-0.25, -0.2) is 9.80 Å². The molecule has 10 nitrogen and oxygen atoms in total. The van der Waals surface area contributed by atoms with Gasteiger partial charge in [-0.1, -0.05) is 0 Å². The average molecular weight is 442 g/mol. The summed E-state index contributed by atoms with van der Waals surface area (Å²) in [6.07, 6.45) is 0.288. The molecule has 4 amide bonds. The number of imide groups is 2. The number of benzene rings is 1. The Hall–Kier alpha value is -2.66. The van der Waals surface area contributed by atoms with E-state index in [0.717, 1.165) is 0 Å². The molecule has 0 aliphatic carbocycles. The molecule has 5 rings (SSSR count). The van der Waals surface area contributed by atoms with Gasteiger partial charge in [-0.15, -0.1) is 0 Å². The number of anilines is 2. The molecule has 2 atom stereocenters. The Kier molecular flexibility index (Phi) is 5.76. The van der Waals surface area contributed by atoms with Crippen LogP contribution in [0.2, 0.25) is 0 Å². The highest BCUT2D eigenvalue weighted by molar-refractivity contribution is 6.24. The van der Waals surface area contributed by atoms with E-state index in [2.05, 4.69) is 0 Å². The van der Waals surface area contributed by atoms with Crippen molar-refractivity contribution in [3.8, 4) is 0 Å². The molecule has 10 heteroatoms. The second kappa shape index (κ2) is 8.70. The fraction of sp³-hybridized carbons (Fsp3) is 0.545. The maximum atomic E-state index is 13.0. The van der Waals surface area contributed by atoms with E-state index >= 15 is 0 Å². The van der Waals surface area contributed by atoms with E-state index in [1.54, 1.807) is 24.3 Å². The Bertz CT molecular complexity index is 848. The maximum Gasteiger partial charge on any atom is 0.251 e. The summed E-state index contributed by atoms with van der Waals surface area (Å²) in [6, 6.07) is 5.54. The first-order valence-corrected chi connectivity index (χ1v) is 11.0. The van der Waals surface area contributed by atoms with Crippen LogP contribution >= 0.6 is 0 Å². The second-order valence-corrected chi connectivity index (χ2v) is 8.39. The van der Waals surface area contributed by atoms with E-state index in [1.807, 2.05) is 9.80 Å². The van der Waals surface area contributed by atoms with Crippen LogP contribution in [0.15, 0.2) is 24.3 Å². The number of nitrogens with zero attached hydrogens (tertiary/aromatic N) is 4. The number of hydrogen-bond donors (Lipinski definition) is 0. The first kappa shape index (κ1) is 21.2. The first-order valence-electron chi connectivity index (χ1n) is 11.0. The summed E-state index contributed by atoms with van der Waals surface area (Å²) in [7, 11) is 0. The monoisotopic (exact) mass is 442 g/mol. The van der Waals surface area contributed by atoms with Gasteiger partial charge in [-0.3, -0.25) is 29.0 Å². The lowest BCUT2D eigenvalue weighted by Crippen LogP contribution is -2.47. The van der Waals surface area contributed by atoms with Gasteiger partial charge < -0.3 is 9.47 Å². The number of rotatable bonds is 4. The van der Waals surface area contributed by atoms with Crippen LogP contribution in [-0.4, -0.2) is 98.1 Å². The molecule has 0 spiro atoms. The molecular weight excluding hydrogens is 416 g/mol. The van der Waals surface area contributed by atoms with Crippen molar-refractivity contribution in [1.82, 2.24) is 9.80 Å². The second-order valence-electron chi connectivity index (χ2n) is 8.39. The zero-order valence-corrected chi connectivity index (χ0v) is 17.8. The third kappa shape index (κ3) is 3.73. The summed E-state index contributed by atoms with van der Waals surface area (Å²) >= 11 is 0. The quantitative estimate of drug-likeness (QED) is 0.582. The van der Waals surface area contributed by atoms with Gasteiger partial charge in [-0.2, -0.15) is 0 Å². The normalized spacial score (nSPS) is 28.2. The molecule has 0 radical (unpaired) electrons. The van der Waals surface area contributed by atoms with Crippen LogP contribution in [-0.2, 0) is 28.7 Å². The summed E-state index contributed by atoms with van der Waals surface area (Å²) in [4.78, 5) is 57.6. The highest BCUT2D eigenvalue weighted by Gasteiger charge is 2.44. The average Bonchev–Trinajstić information content (AvgIpc) is 3.29. The van der Waals surface area contributed by atoms with E-state index in [-0.39, 0.29) is 36.5 Å². The lowest BCUT2D eigenvalue weighted by atomic mass is 10.2. The number of carbonyl (C=O) groups excluding carboxylic acids is 4. The molecule has 0 saturated carbocycles. The minimum absolute atomic E-state index is 0.144. The Morgan fingerprint density at radius 3 is 1.28 bits per heavy atom. The molecule has 4 fully saturated rings. The van der Waals surface area contributed by atoms with Crippen LogP contribution in [0, 0.1) is 0 Å². The van der Waals surface area contributed by atoms with Gasteiger partial charge in [0.05, 0.1) is 62.7 Å². The van der Waals surface area contributed by atoms with Crippen LogP contribution < -0.4 is 9.80 Å². The molecule has 32 heavy (non-hydrogen) atoms. The first-order chi connectivity index (χ1) is 15.5. The number of carbonyl (C=O) groups is 4. The maximum absolute atomic E-state index is 13.0. The fourth-order valence-corrected chi connectivity index (χ4v) is 4.87. The highest BCUT2D eigenvalue weighted by atomic mass is 16.5. The van der Waals surface area contributed by atoms with Crippen LogP contribution in [0.4, 0.5) is 11.4 Å². The summed E-state index contributed by atoms with van der Waals surface area (Å²) in [6.45, 7) is 4.71. The lowest BCUT2D eigenvalue weighted by molar-refractivity contribution is -0.125. The summed E-state index contributed by atoms with van der Waals surface area (Å²) in [5.41, 5.74) is 0.895. The molecule has 0 aromatic heterocycles. The zero-order valence-electron chi connectivity index (χ0n) is 17.8. The Morgan fingerprint density at radius 1 is 0.594 bits per heavy atom. The van der Waals surface area contributed by atoms with E-state index in [9.17, 15) is 19.2 Å². The predicted molar refractivity (Wildman–Crippen MR) is 113 cm³/mol. The molecule has 0 bridgehead atoms. The van der Waals surface area contributed by atoms with Gasteiger partial charge in [0, 0.05) is 26.2 Å². The molecule has 4 heterocycles. The number of amides is 4. The van der Waals surface area contributed by atoms with Crippen molar-refractivity contribution in [3.05, 3.63) is 24.3 Å². The van der Waals surface area contributed by atoms with Gasteiger partial charge in [0.15, 0.2) is 0 Å². The molecule has 4 aliphatic heterocycles. The minimum Gasteiger partial charge on any atom is -0.379 e. The van der Waals surface area contributed by atoms with Gasteiger partial charge in [0.2, 0.25) is 11.8 Å². The van der Waals surface area contributed by atoms with Crippen LogP contribution in [0.25, 0.3) is 0 Å². The zero-order chi connectivity index (χ0) is 22.2. The summed E-state index contributed by atoms with van der Waals surface area (Å²) < 4.78 is 10.7. The molecule has 170 valence electrons. The third-order valence-corrected chi connectivity index (χ3v) is 6.58. The summed E-state index contributed by atoms with van der Waals surface area (Å²) in [5, 5.41) is 0. The number of ether oxygens (including phenoxy) is 2. The molecule has 0 unspecified atom stereocenters. The topological polar surface area (TPSA) is 99.7 Å². The third-order valence-electron chi connectivity index (χ3n) is 6.58. The van der Waals surface area contributed by atoms with E-state index < -0.39 is 12.1 Å². The van der Waals surface area contributed by atoms with Crippen LogP contribution in [0.5, 0.6) is 0 Å². The number of morpholine rings is 2. The highest BCUT2D eigenvalue weighted by Crippen LogP contribution is 2.31. The summed E-state index contributed by atoms with van der Waals surface area (Å²) in [5.74, 6) is -0.990. The van der Waals surface area contributed by atoms with Gasteiger partial charge in [0.25, 0.3) is 11.8 Å². The van der Waals surface area contributed by atoms with Crippen molar-refractivity contribution in [3.63, 3.8) is 0 Å². The van der Waals surface area contributed by atoms with Gasteiger partial charge >= 0.3 is 0 Å². The Labute approximate surface area is 185 Å². The van der Waals surface area contributed by atoms with Crippen LogP contribution in [0.3, 0.4) is 0 Å². The van der Waals surface area contributed by atoms with Crippen LogP contribution in [0.1, 0.15) is 12.8 Å². The fourth-order valence-electron chi connectivity index (χ4n) is 4.87. The van der Waals surface area contributed by atoms with E-state index in [4.69, 9.17) is 9.47 Å². The van der Waals surface area contributed by atoms with E-state index in [0.29, 0.717) is 64.0 Å². The molecule has 0 N–H and O–H groups in total. The standard InChI is InChI=1S/C22H26N4O6/c27-19-13-17(23-5-9-31-10-6-23)21(29)25(19)15-1-2-16(4-3-15)26-20(28)14-18(22(26)30)24-7-11-32-12-8-24/h1-4,17-18H,5-14H2/t17-,18-/m1/s1. The van der Waals surface area contributed by atoms with Crippen molar-refractivity contribution in [2.45, 2.75) is 24.9 Å². The smallest absolute Gasteiger partial charge is 0.251 e. The van der Waals surface area contributed by atoms with Crippen molar-refractivity contribution in [1.29, 1.82) is 0 Å². The predicted octanol–water partition coefficient (Wildman–Crippen LogP) is -0.385. The molecular formula is C22H26N4O6. The van der Waals surface area contributed by atoms with E-state index in [1.165, 1.54) is 9.80 Å². The molecule has 1 aromatic carbocycles. The Balaban J connectivity index is 1.31. The van der Waals surface area contributed by atoms with Gasteiger partial charge in [0.1, 0.15) is 0 Å². The van der Waals surface area contributed by atoms with Crippen molar-refractivity contribution in [2.75, 3.05) is 62.4 Å². The largest absolute Gasteiger partial charge is 0.379 e. The van der Waals surface area contributed by atoms with Crippen molar-refractivity contribution >= 4 is 35.0 Å². The number of hydrogen-bond acceptors (Lipinski definition) is 8. The molecule has 4 aliphatic rings. The molecule has 4 saturated heterocycles. The van der Waals surface area contributed by atoms with Gasteiger partial charge in [-0.05, 0) is 24.3 Å². The molecule has 1 aromatic rings. The van der Waals surface area contributed by atoms with Crippen molar-refractivity contribution in [2.24, 2.45) is 0 Å².